The van der Waals surface area contributed by atoms with Crippen LogP contribution in [0.25, 0.3) is 0 Å². The van der Waals surface area contributed by atoms with Crippen molar-refractivity contribution in [2.45, 2.75) is 12.6 Å². The molecule has 0 aliphatic carbocycles. The fourth-order valence-corrected chi connectivity index (χ4v) is 1.88. The number of ether oxygens (including phenoxy) is 1. The zero-order chi connectivity index (χ0) is 16.0. The van der Waals surface area contributed by atoms with E-state index in [1.807, 2.05) is 6.08 Å². The Bertz CT molecular complexity index is 547. The maximum absolute atomic E-state index is 12.0. The van der Waals surface area contributed by atoms with Gasteiger partial charge in [0.2, 0.25) is 5.88 Å². The maximum Gasteiger partial charge on any atom is 0.422 e. The van der Waals surface area contributed by atoms with Crippen LogP contribution in [0.15, 0.2) is 30.0 Å². The summed E-state index contributed by atoms with van der Waals surface area (Å²) in [5.41, 5.74) is 1.42. The van der Waals surface area contributed by atoms with Crippen LogP contribution in [0.5, 0.6) is 5.88 Å². The maximum atomic E-state index is 12.0. The van der Waals surface area contributed by atoms with Crippen LogP contribution in [0.2, 0.25) is 0 Å². The van der Waals surface area contributed by atoms with Crippen LogP contribution in [0.1, 0.15) is 16.8 Å². The van der Waals surface area contributed by atoms with Gasteiger partial charge in [0, 0.05) is 25.4 Å². The van der Waals surface area contributed by atoms with E-state index < -0.39 is 12.8 Å². The molecule has 0 saturated heterocycles. The second kappa shape index (κ2) is 8.73. The molecule has 0 radical (unpaired) electrons. The fraction of sp³-hybridized carbons (Fsp3) is 0.429. The van der Waals surface area contributed by atoms with E-state index in [9.17, 15) is 18.0 Å². The number of nitrogens with one attached hydrogen (secondary N) is 2. The molecule has 0 saturated carbocycles. The van der Waals surface area contributed by atoms with Gasteiger partial charge in [0.25, 0.3) is 5.91 Å². The molecule has 128 valence electrons. The summed E-state index contributed by atoms with van der Waals surface area (Å²) in [6.07, 6.45) is -0.322. The van der Waals surface area contributed by atoms with Crippen LogP contribution < -0.4 is 15.4 Å². The van der Waals surface area contributed by atoms with Crippen molar-refractivity contribution in [3.05, 3.63) is 35.5 Å². The van der Waals surface area contributed by atoms with Gasteiger partial charge in [0.05, 0.1) is 5.56 Å². The molecule has 1 aromatic heterocycles. The number of aromatic nitrogens is 1. The predicted molar refractivity (Wildman–Crippen MR) is 80.9 cm³/mol. The van der Waals surface area contributed by atoms with Gasteiger partial charge in [-0.25, -0.2) is 4.98 Å². The average Bonchev–Trinajstić information content (AvgIpc) is 2.51. The molecule has 0 bridgehead atoms. The second-order valence-electron chi connectivity index (χ2n) is 4.79. The number of amides is 1. The van der Waals surface area contributed by atoms with Crippen LogP contribution in [0, 0.1) is 0 Å². The monoisotopic (exact) mass is 351 g/mol. The number of rotatable bonds is 5. The number of alkyl halides is 3. The Labute approximate surface area is 137 Å². The van der Waals surface area contributed by atoms with Gasteiger partial charge in [-0.2, -0.15) is 13.2 Å². The number of nitrogens with zero attached hydrogens (tertiary/aromatic N) is 1. The van der Waals surface area contributed by atoms with Crippen molar-refractivity contribution in [2.24, 2.45) is 0 Å². The molecule has 9 heteroatoms. The van der Waals surface area contributed by atoms with E-state index in [0.717, 1.165) is 25.1 Å². The number of hydrogen-bond donors (Lipinski definition) is 2. The van der Waals surface area contributed by atoms with E-state index in [1.165, 1.54) is 18.3 Å². The Balaban J connectivity index is 0.00000264. The quantitative estimate of drug-likeness (QED) is 0.797. The first kappa shape index (κ1) is 19.2. The van der Waals surface area contributed by atoms with Gasteiger partial charge >= 0.3 is 6.18 Å². The number of hydrogen-bond acceptors (Lipinski definition) is 4. The molecule has 0 aromatic carbocycles. The third-order valence-electron chi connectivity index (χ3n) is 3.02. The van der Waals surface area contributed by atoms with E-state index in [0.29, 0.717) is 6.54 Å². The zero-order valence-electron chi connectivity index (χ0n) is 12.2. The van der Waals surface area contributed by atoms with Gasteiger partial charge in [-0.1, -0.05) is 11.6 Å². The van der Waals surface area contributed by atoms with Crippen molar-refractivity contribution in [3.8, 4) is 5.88 Å². The molecule has 1 amide bonds. The highest BCUT2D eigenvalue weighted by Gasteiger charge is 2.28. The van der Waals surface area contributed by atoms with Crippen LogP contribution in [-0.2, 0) is 0 Å². The van der Waals surface area contributed by atoms with Gasteiger partial charge in [-0.05, 0) is 19.0 Å². The van der Waals surface area contributed by atoms with Gasteiger partial charge in [0.15, 0.2) is 6.61 Å². The summed E-state index contributed by atoms with van der Waals surface area (Å²) in [7, 11) is 0. The lowest BCUT2D eigenvalue weighted by Crippen LogP contribution is -2.29. The third kappa shape index (κ3) is 6.87. The normalized spacial score (nSPS) is 14.5. The molecule has 0 fully saturated rings. The Morgan fingerprint density at radius 1 is 1.39 bits per heavy atom. The van der Waals surface area contributed by atoms with Crippen LogP contribution in [0.4, 0.5) is 13.2 Å². The minimum atomic E-state index is -4.42. The highest BCUT2D eigenvalue weighted by molar-refractivity contribution is 5.94. The molecule has 0 spiro atoms. The Hall–Kier alpha value is -1.80. The Kier molecular flexibility index (Phi) is 7.31. The van der Waals surface area contributed by atoms with Crippen molar-refractivity contribution < 1.29 is 22.7 Å². The molecule has 2 rings (SSSR count). The Morgan fingerprint density at radius 3 is 2.74 bits per heavy atom. The molecule has 2 N–H and O–H groups in total. The number of carbonyl (C=O) groups excluding carboxylic acids is 1. The molecule has 0 unspecified atom stereocenters. The summed E-state index contributed by atoms with van der Waals surface area (Å²) in [5.74, 6) is -0.496. The van der Waals surface area contributed by atoms with E-state index in [-0.39, 0.29) is 29.8 Å². The zero-order valence-corrected chi connectivity index (χ0v) is 13.0. The lowest BCUT2D eigenvalue weighted by Gasteiger charge is -2.14. The summed E-state index contributed by atoms with van der Waals surface area (Å²) >= 11 is 0. The molecule has 23 heavy (non-hydrogen) atoms. The van der Waals surface area contributed by atoms with Crippen molar-refractivity contribution in [1.29, 1.82) is 0 Å². The van der Waals surface area contributed by atoms with Gasteiger partial charge in [-0.15, -0.1) is 12.4 Å². The number of halogens is 4. The minimum absolute atomic E-state index is 0. The smallest absolute Gasteiger partial charge is 0.422 e. The summed E-state index contributed by atoms with van der Waals surface area (Å²) in [6, 6.07) is 2.62. The van der Waals surface area contributed by atoms with E-state index in [4.69, 9.17) is 0 Å². The molecule has 5 nitrogen and oxygen atoms in total. The lowest BCUT2D eigenvalue weighted by atomic mass is 10.1. The molecular weight excluding hydrogens is 335 g/mol. The van der Waals surface area contributed by atoms with Gasteiger partial charge in [0.1, 0.15) is 0 Å². The third-order valence-corrected chi connectivity index (χ3v) is 3.02. The summed E-state index contributed by atoms with van der Waals surface area (Å²) in [6.45, 7) is 0.715. The van der Waals surface area contributed by atoms with E-state index in [1.54, 1.807) is 0 Å². The Morgan fingerprint density at radius 2 is 2.17 bits per heavy atom. The number of carbonyl (C=O) groups is 1. The summed E-state index contributed by atoms with van der Waals surface area (Å²) < 4.78 is 40.5. The summed E-state index contributed by atoms with van der Waals surface area (Å²) in [5, 5.41) is 5.92. The highest BCUT2D eigenvalue weighted by Crippen LogP contribution is 2.17. The second-order valence-corrected chi connectivity index (χ2v) is 4.79. The van der Waals surface area contributed by atoms with Gasteiger partial charge in [-0.3, -0.25) is 4.79 Å². The molecule has 1 aromatic rings. The first-order chi connectivity index (χ1) is 10.4. The highest BCUT2D eigenvalue weighted by atomic mass is 35.5. The summed E-state index contributed by atoms with van der Waals surface area (Å²) in [4.78, 5) is 15.6. The van der Waals surface area contributed by atoms with Crippen LogP contribution in [0.3, 0.4) is 0 Å². The van der Waals surface area contributed by atoms with Crippen molar-refractivity contribution >= 4 is 18.3 Å². The van der Waals surface area contributed by atoms with Crippen molar-refractivity contribution in [3.63, 3.8) is 0 Å². The lowest BCUT2D eigenvalue weighted by molar-refractivity contribution is -0.154. The van der Waals surface area contributed by atoms with E-state index in [2.05, 4.69) is 20.4 Å². The topological polar surface area (TPSA) is 63.2 Å². The van der Waals surface area contributed by atoms with Crippen LogP contribution in [-0.4, -0.2) is 43.3 Å². The predicted octanol–water partition coefficient (Wildman–Crippen LogP) is 2.09. The number of pyridine rings is 1. The molecule has 2 heterocycles. The van der Waals surface area contributed by atoms with E-state index >= 15 is 0 Å². The van der Waals surface area contributed by atoms with Gasteiger partial charge < -0.3 is 15.4 Å². The molecule has 0 atom stereocenters. The minimum Gasteiger partial charge on any atom is -0.468 e. The first-order valence-corrected chi connectivity index (χ1v) is 6.76. The molecular formula is C14H17ClF3N3O2. The molecule has 1 aliphatic heterocycles. The van der Waals surface area contributed by atoms with Crippen LogP contribution >= 0.6 is 12.4 Å². The SMILES string of the molecule is Cl.O=C(NCC1=CCNCC1)c1ccc(OCC(F)(F)F)nc1. The largest absolute Gasteiger partial charge is 0.468 e. The standard InChI is InChI=1S/C14H16F3N3O2.ClH/c15-14(16,17)9-22-12-2-1-11(8-19-12)13(21)20-7-10-3-5-18-6-4-10;/h1-3,8,18H,4-7,9H2,(H,20,21);1H. The first-order valence-electron chi connectivity index (χ1n) is 6.76. The van der Waals surface area contributed by atoms with Crippen molar-refractivity contribution in [1.82, 2.24) is 15.6 Å². The molecule has 1 aliphatic rings. The average molecular weight is 352 g/mol. The van der Waals surface area contributed by atoms with Crippen molar-refractivity contribution in [2.75, 3.05) is 26.2 Å². The fourth-order valence-electron chi connectivity index (χ4n) is 1.88.